The Labute approximate surface area is 205 Å². The van der Waals surface area contributed by atoms with E-state index in [9.17, 15) is 19.8 Å². The summed E-state index contributed by atoms with van der Waals surface area (Å²) in [6, 6.07) is 0. The van der Waals surface area contributed by atoms with Gasteiger partial charge in [-0.25, -0.2) is 4.79 Å². The van der Waals surface area contributed by atoms with Crippen LogP contribution in [0.2, 0.25) is 0 Å². The van der Waals surface area contributed by atoms with Crippen molar-refractivity contribution in [2.75, 3.05) is 0 Å². The molecule has 10 atom stereocenters. The van der Waals surface area contributed by atoms with Crippen LogP contribution >= 0.6 is 0 Å². The van der Waals surface area contributed by atoms with Crippen molar-refractivity contribution >= 4 is 12.1 Å². The molecule has 0 aromatic heterocycles. The maximum Gasteiger partial charge on any atom is 0.516 e. The molecule has 0 unspecified atom stereocenters. The van der Waals surface area contributed by atoms with Crippen LogP contribution in [0, 0.1) is 46.3 Å². The Kier molecular flexibility index (Phi) is 7.42. The average Bonchev–Trinajstić information content (AvgIpc) is 3.10. The van der Waals surface area contributed by atoms with Gasteiger partial charge in [-0.15, -0.1) is 0 Å². The number of carbonyl (C=O) groups excluding carboxylic acids is 2. The summed E-state index contributed by atoms with van der Waals surface area (Å²) in [5, 5.41) is 21.6. The van der Waals surface area contributed by atoms with Crippen LogP contribution in [0.15, 0.2) is 0 Å². The highest BCUT2D eigenvalue weighted by Gasteiger charge is 2.62. The van der Waals surface area contributed by atoms with Crippen LogP contribution in [0.5, 0.6) is 0 Å². The summed E-state index contributed by atoms with van der Waals surface area (Å²) in [5.41, 5.74) is 0.419. The van der Waals surface area contributed by atoms with Gasteiger partial charge in [-0.1, -0.05) is 20.8 Å². The van der Waals surface area contributed by atoms with Crippen molar-refractivity contribution < 1.29 is 29.3 Å². The molecule has 0 aromatic rings. The van der Waals surface area contributed by atoms with E-state index in [0.717, 1.165) is 44.9 Å². The summed E-state index contributed by atoms with van der Waals surface area (Å²) in [6.45, 7) is 10.6. The maximum absolute atomic E-state index is 12.2. The highest BCUT2D eigenvalue weighted by atomic mass is 16.7. The standard InChI is InChI=1S/C28H46O6/c1-16(2)33-26(32)34-24(31)9-6-17(3)20-7-8-21-25-22(11-13-28(20,21)5)27(4)12-10-19(29)14-18(27)15-23(25)30/h16-23,25,29-30H,6-15H2,1-5H3/t17-,18+,19-,20-,21+,22+,23+,25+,27+,28-/m1/s1. The molecule has 0 aliphatic heterocycles. The summed E-state index contributed by atoms with van der Waals surface area (Å²) in [7, 11) is 0. The highest BCUT2D eigenvalue weighted by Crippen LogP contribution is 2.68. The van der Waals surface area contributed by atoms with Crippen molar-refractivity contribution in [2.45, 2.75) is 117 Å². The summed E-state index contributed by atoms with van der Waals surface area (Å²) < 4.78 is 9.72. The van der Waals surface area contributed by atoms with Gasteiger partial charge in [0.1, 0.15) is 0 Å². The summed E-state index contributed by atoms with van der Waals surface area (Å²) >= 11 is 0. The third-order valence-corrected chi connectivity index (χ3v) is 10.7. The number of hydrogen-bond donors (Lipinski definition) is 2. The third-order valence-electron chi connectivity index (χ3n) is 10.7. The molecule has 0 spiro atoms. The van der Waals surface area contributed by atoms with Gasteiger partial charge >= 0.3 is 12.1 Å². The third kappa shape index (κ3) is 4.66. The van der Waals surface area contributed by atoms with Gasteiger partial charge in [0.15, 0.2) is 0 Å². The Balaban J connectivity index is 1.40. The molecule has 2 N–H and O–H groups in total. The predicted molar refractivity (Wildman–Crippen MR) is 129 cm³/mol. The molecule has 4 aliphatic carbocycles. The van der Waals surface area contributed by atoms with E-state index < -0.39 is 12.1 Å². The Morgan fingerprint density at radius 3 is 2.32 bits per heavy atom. The van der Waals surface area contributed by atoms with Crippen molar-refractivity contribution in [1.29, 1.82) is 0 Å². The molecule has 0 aromatic carbocycles. The minimum Gasteiger partial charge on any atom is -0.431 e. The zero-order valence-electron chi connectivity index (χ0n) is 21.8. The lowest BCUT2D eigenvalue weighted by atomic mass is 9.43. The predicted octanol–water partition coefficient (Wildman–Crippen LogP) is 5.48. The molecule has 4 saturated carbocycles. The van der Waals surface area contributed by atoms with Crippen LogP contribution in [0.1, 0.15) is 98.8 Å². The van der Waals surface area contributed by atoms with Crippen LogP contribution in [-0.2, 0) is 14.3 Å². The fourth-order valence-corrected chi connectivity index (χ4v) is 9.08. The molecule has 34 heavy (non-hydrogen) atoms. The fraction of sp³-hybridized carbons (Fsp3) is 0.929. The van der Waals surface area contributed by atoms with Gasteiger partial charge in [0.2, 0.25) is 0 Å². The number of aliphatic hydroxyl groups excluding tert-OH is 2. The molecule has 0 saturated heterocycles. The second-order valence-corrected chi connectivity index (χ2v) is 12.9. The first-order chi connectivity index (χ1) is 16.0. The molecule has 0 bridgehead atoms. The Morgan fingerprint density at radius 1 is 0.941 bits per heavy atom. The molecule has 6 heteroatoms. The van der Waals surface area contributed by atoms with E-state index in [-0.39, 0.29) is 35.6 Å². The van der Waals surface area contributed by atoms with E-state index in [2.05, 4.69) is 20.8 Å². The zero-order chi connectivity index (χ0) is 24.8. The number of hydrogen-bond acceptors (Lipinski definition) is 6. The Morgan fingerprint density at radius 2 is 1.62 bits per heavy atom. The van der Waals surface area contributed by atoms with E-state index in [4.69, 9.17) is 9.47 Å². The monoisotopic (exact) mass is 478 g/mol. The number of carbonyl (C=O) groups is 2. The van der Waals surface area contributed by atoms with Crippen LogP contribution < -0.4 is 0 Å². The van der Waals surface area contributed by atoms with Gasteiger partial charge in [-0.3, -0.25) is 4.79 Å². The molecule has 6 nitrogen and oxygen atoms in total. The second kappa shape index (κ2) is 9.72. The Hall–Kier alpha value is -1.14. The largest absolute Gasteiger partial charge is 0.516 e. The molecule has 4 rings (SSSR count). The number of ether oxygens (including phenoxy) is 2. The van der Waals surface area contributed by atoms with Gasteiger partial charge < -0.3 is 19.7 Å². The van der Waals surface area contributed by atoms with E-state index >= 15 is 0 Å². The van der Waals surface area contributed by atoms with Crippen molar-refractivity contribution in [3.05, 3.63) is 0 Å². The van der Waals surface area contributed by atoms with Crippen LogP contribution in [0.3, 0.4) is 0 Å². The molecule has 0 radical (unpaired) electrons. The quantitative estimate of drug-likeness (QED) is 0.401. The fourth-order valence-electron chi connectivity index (χ4n) is 9.08. The SMILES string of the molecule is CC(C)OC(=O)OC(=O)CC[C@@H](C)[C@H]1CC[C@H]2[C@@H]3[C@@H](O)C[C@@H]4C[C@H](O)CC[C@]4(C)[C@H]3CC[C@]12C. The van der Waals surface area contributed by atoms with Gasteiger partial charge in [-0.05, 0) is 118 Å². The van der Waals surface area contributed by atoms with Crippen molar-refractivity contribution in [3.63, 3.8) is 0 Å². The van der Waals surface area contributed by atoms with Crippen LogP contribution in [0.4, 0.5) is 4.79 Å². The Bertz CT molecular complexity index is 766. The smallest absolute Gasteiger partial charge is 0.431 e. The van der Waals surface area contributed by atoms with E-state index in [0.29, 0.717) is 41.9 Å². The number of esters is 1. The first kappa shape index (κ1) is 25.9. The lowest BCUT2D eigenvalue weighted by Crippen LogP contribution is -2.58. The zero-order valence-corrected chi connectivity index (χ0v) is 21.8. The number of aliphatic hydroxyl groups is 2. The minimum absolute atomic E-state index is 0.180. The average molecular weight is 479 g/mol. The van der Waals surface area contributed by atoms with Gasteiger partial charge in [0, 0.05) is 6.42 Å². The number of fused-ring (bicyclic) bond motifs is 5. The highest BCUT2D eigenvalue weighted by molar-refractivity contribution is 5.81. The van der Waals surface area contributed by atoms with E-state index in [1.165, 1.54) is 6.42 Å². The van der Waals surface area contributed by atoms with Crippen LogP contribution in [-0.4, -0.2) is 40.6 Å². The number of rotatable bonds is 5. The van der Waals surface area contributed by atoms with E-state index in [1.807, 2.05) is 0 Å². The molecule has 0 heterocycles. The van der Waals surface area contributed by atoms with Crippen molar-refractivity contribution in [1.82, 2.24) is 0 Å². The normalized spacial score (nSPS) is 44.5. The molecular formula is C28H46O6. The van der Waals surface area contributed by atoms with Gasteiger partial charge in [0.05, 0.1) is 18.3 Å². The first-order valence-corrected chi connectivity index (χ1v) is 13.7. The summed E-state index contributed by atoms with van der Waals surface area (Å²) in [4.78, 5) is 23.8. The lowest BCUT2D eigenvalue weighted by Gasteiger charge is -2.62. The summed E-state index contributed by atoms with van der Waals surface area (Å²) in [6.07, 6.45) is 7.52. The molecule has 194 valence electrons. The van der Waals surface area contributed by atoms with Crippen LogP contribution in [0.25, 0.3) is 0 Å². The van der Waals surface area contributed by atoms with E-state index in [1.54, 1.807) is 13.8 Å². The van der Waals surface area contributed by atoms with Gasteiger partial charge in [-0.2, -0.15) is 0 Å². The maximum atomic E-state index is 12.2. The molecule has 4 aliphatic rings. The topological polar surface area (TPSA) is 93.1 Å². The van der Waals surface area contributed by atoms with Crippen molar-refractivity contribution in [2.24, 2.45) is 46.3 Å². The van der Waals surface area contributed by atoms with Gasteiger partial charge in [0.25, 0.3) is 0 Å². The lowest BCUT2D eigenvalue weighted by molar-refractivity contribution is -0.174. The second-order valence-electron chi connectivity index (χ2n) is 12.9. The minimum atomic E-state index is -0.910. The molecular weight excluding hydrogens is 432 g/mol. The molecule has 4 fully saturated rings. The molecule has 0 amide bonds. The summed E-state index contributed by atoms with van der Waals surface area (Å²) in [5.74, 6) is 2.20. The first-order valence-electron chi connectivity index (χ1n) is 13.7. The van der Waals surface area contributed by atoms with Crippen molar-refractivity contribution in [3.8, 4) is 0 Å².